The SMILES string of the molecule is COc1ccccc1NC(=O)CN1C(=O)C(=Cc2ccc(OC)c(OC)c2)SC1=S. The molecule has 1 aliphatic heterocycles. The first-order chi connectivity index (χ1) is 14.5. The standard InChI is InChI=1S/C21H20N2O5S2/c1-26-15-7-5-4-6-14(15)22-19(24)12-23-20(25)18(30-21(23)29)11-13-8-9-16(27-2)17(10-13)28-3/h4-11H,12H2,1-3H3,(H,22,24). The molecule has 1 N–H and O–H groups in total. The minimum Gasteiger partial charge on any atom is -0.495 e. The molecule has 0 unspecified atom stereocenters. The number of carbonyl (C=O) groups is 2. The Balaban J connectivity index is 1.73. The molecule has 3 rings (SSSR count). The molecule has 0 bridgehead atoms. The minimum atomic E-state index is -0.372. The summed E-state index contributed by atoms with van der Waals surface area (Å²) in [6.45, 7) is -0.189. The van der Waals surface area contributed by atoms with E-state index in [-0.39, 0.29) is 18.4 Å². The van der Waals surface area contributed by atoms with E-state index in [0.29, 0.717) is 32.2 Å². The predicted octanol–water partition coefficient (Wildman–Crippen LogP) is 3.55. The molecule has 0 saturated carbocycles. The van der Waals surface area contributed by atoms with E-state index in [1.807, 2.05) is 6.07 Å². The summed E-state index contributed by atoms with van der Waals surface area (Å²) in [6.07, 6.45) is 1.71. The lowest BCUT2D eigenvalue weighted by molar-refractivity contribution is -0.126. The molecule has 0 aliphatic carbocycles. The smallest absolute Gasteiger partial charge is 0.266 e. The molecule has 1 fully saturated rings. The van der Waals surface area contributed by atoms with Gasteiger partial charge in [-0.1, -0.05) is 42.2 Å². The summed E-state index contributed by atoms with van der Waals surface area (Å²) in [7, 11) is 4.62. The number of ether oxygens (including phenoxy) is 3. The summed E-state index contributed by atoms with van der Waals surface area (Å²) >= 11 is 6.46. The maximum Gasteiger partial charge on any atom is 0.266 e. The minimum absolute atomic E-state index is 0.189. The highest BCUT2D eigenvalue weighted by molar-refractivity contribution is 8.26. The van der Waals surface area contributed by atoms with Crippen LogP contribution in [0.25, 0.3) is 6.08 Å². The Labute approximate surface area is 184 Å². The van der Waals surface area contributed by atoms with Crippen molar-refractivity contribution in [2.24, 2.45) is 0 Å². The van der Waals surface area contributed by atoms with Gasteiger partial charge in [0, 0.05) is 0 Å². The second-order valence-electron chi connectivity index (χ2n) is 6.13. The van der Waals surface area contributed by atoms with Crippen LogP contribution in [-0.4, -0.2) is 48.9 Å². The molecule has 1 heterocycles. The Morgan fingerprint density at radius 1 is 1.07 bits per heavy atom. The van der Waals surface area contributed by atoms with Gasteiger partial charge in [-0.15, -0.1) is 0 Å². The van der Waals surface area contributed by atoms with Crippen LogP contribution in [0, 0.1) is 0 Å². The normalized spacial score (nSPS) is 14.8. The predicted molar refractivity (Wildman–Crippen MR) is 121 cm³/mol. The molecular weight excluding hydrogens is 424 g/mol. The van der Waals surface area contributed by atoms with Gasteiger partial charge in [-0.2, -0.15) is 0 Å². The van der Waals surface area contributed by atoms with Gasteiger partial charge in [0.05, 0.1) is 31.9 Å². The van der Waals surface area contributed by atoms with Crippen molar-refractivity contribution in [3.05, 3.63) is 52.9 Å². The average molecular weight is 445 g/mol. The van der Waals surface area contributed by atoms with E-state index >= 15 is 0 Å². The van der Waals surface area contributed by atoms with Crippen molar-refractivity contribution >= 4 is 51.9 Å². The molecule has 0 aromatic heterocycles. The zero-order valence-corrected chi connectivity index (χ0v) is 18.3. The van der Waals surface area contributed by atoms with Gasteiger partial charge in [0.15, 0.2) is 11.5 Å². The van der Waals surface area contributed by atoms with E-state index in [9.17, 15) is 9.59 Å². The van der Waals surface area contributed by atoms with Crippen molar-refractivity contribution in [1.82, 2.24) is 4.90 Å². The number of methoxy groups -OCH3 is 3. The largest absolute Gasteiger partial charge is 0.495 e. The molecule has 2 aromatic carbocycles. The van der Waals surface area contributed by atoms with Crippen molar-refractivity contribution in [2.75, 3.05) is 33.2 Å². The number of nitrogens with one attached hydrogen (secondary N) is 1. The third kappa shape index (κ3) is 4.74. The molecule has 9 heteroatoms. The quantitative estimate of drug-likeness (QED) is 0.517. The van der Waals surface area contributed by atoms with E-state index < -0.39 is 0 Å². The first-order valence-electron chi connectivity index (χ1n) is 8.87. The van der Waals surface area contributed by atoms with E-state index in [4.69, 9.17) is 26.4 Å². The maximum absolute atomic E-state index is 12.8. The lowest BCUT2D eigenvalue weighted by Crippen LogP contribution is -2.36. The van der Waals surface area contributed by atoms with Crippen molar-refractivity contribution < 1.29 is 23.8 Å². The molecule has 2 aromatic rings. The third-order valence-electron chi connectivity index (χ3n) is 4.26. The fraction of sp³-hybridized carbons (Fsp3) is 0.190. The summed E-state index contributed by atoms with van der Waals surface area (Å²) < 4.78 is 16.1. The van der Waals surface area contributed by atoms with Crippen LogP contribution < -0.4 is 19.5 Å². The Hall–Kier alpha value is -3.04. The first-order valence-corrected chi connectivity index (χ1v) is 10.1. The highest BCUT2D eigenvalue weighted by Crippen LogP contribution is 2.34. The zero-order valence-electron chi connectivity index (χ0n) is 16.6. The number of hydrogen-bond acceptors (Lipinski definition) is 7. The monoisotopic (exact) mass is 444 g/mol. The van der Waals surface area contributed by atoms with E-state index in [1.165, 1.54) is 12.0 Å². The second kappa shape index (κ2) is 9.64. The number of rotatable bonds is 7. The number of amides is 2. The van der Waals surface area contributed by atoms with Crippen molar-refractivity contribution in [2.45, 2.75) is 0 Å². The molecule has 1 saturated heterocycles. The van der Waals surface area contributed by atoms with Gasteiger partial charge >= 0.3 is 0 Å². The highest BCUT2D eigenvalue weighted by Gasteiger charge is 2.33. The molecule has 0 spiro atoms. The molecule has 0 atom stereocenters. The number of anilines is 1. The summed E-state index contributed by atoms with van der Waals surface area (Å²) in [5, 5.41) is 2.75. The van der Waals surface area contributed by atoms with Crippen LogP contribution in [0.4, 0.5) is 5.69 Å². The Kier molecular flexibility index (Phi) is 6.96. The maximum atomic E-state index is 12.8. The van der Waals surface area contributed by atoms with Gasteiger partial charge in [-0.25, -0.2) is 0 Å². The number of hydrogen-bond donors (Lipinski definition) is 1. The van der Waals surface area contributed by atoms with Crippen molar-refractivity contribution in [3.8, 4) is 17.2 Å². The summed E-state index contributed by atoms with van der Waals surface area (Å²) in [5.74, 6) is 0.982. The van der Waals surface area contributed by atoms with Gasteiger partial charge in [-0.05, 0) is 35.9 Å². The van der Waals surface area contributed by atoms with Crippen LogP contribution in [0.3, 0.4) is 0 Å². The number of thioether (sulfide) groups is 1. The molecule has 2 amide bonds. The van der Waals surface area contributed by atoms with Crippen LogP contribution in [0.1, 0.15) is 5.56 Å². The van der Waals surface area contributed by atoms with Crippen molar-refractivity contribution in [1.29, 1.82) is 0 Å². The van der Waals surface area contributed by atoms with Crippen LogP contribution >= 0.6 is 24.0 Å². The van der Waals surface area contributed by atoms with Crippen LogP contribution in [0.2, 0.25) is 0 Å². The fourth-order valence-electron chi connectivity index (χ4n) is 2.81. The van der Waals surface area contributed by atoms with E-state index in [1.54, 1.807) is 56.7 Å². The van der Waals surface area contributed by atoms with Crippen LogP contribution in [0.5, 0.6) is 17.2 Å². The average Bonchev–Trinajstić information content (AvgIpc) is 3.01. The van der Waals surface area contributed by atoms with Gasteiger partial charge in [0.1, 0.15) is 16.6 Å². The van der Waals surface area contributed by atoms with Crippen LogP contribution in [-0.2, 0) is 9.59 Å². The van der Waals surface area contributed by atoms with Gasteiger partial charge in [0.25, 0.3) is 5.91 Å². The Bertz CT molecular complexity index is 1020. The van der Waals surface area contributed by atoms with E-state index in [0.717, 1.165) is 17.3 Å². The summed E-state index contributed by atoms with van der Waals surface area (Å²) in [6, 6.07) is 12.4. The number of carbonyl (C=O) groups excluding carboxylic acids is 2. The topological polar surface area (TPSA) is 77.1 Å². The van der Waals surface area contributed by atoms with E-state index in [2.05, 4.69) is 5.32 Å². The molecule has 1 aliphatic rings. The molecule has 156 valence electrons. The van der Waals surface area contributed by atoms with Crippen LogP contribution in [0.15, 0.2) is 47.4 Å². The molecule has 30 heavy (non-hydrogen) atoms. The van der Waals surface area contributed by atoms with Crippen molar-refractivity contribution in [3.63, 3.8) is 0 Å². The second-order valence-corrected chi connectivity index (χ2v) is 7.81. The molecule has 7 nitrogen and oxygen atoms in total. The molecule has 0 radical (unpaired) electrons. The third-order valence-corrected chi connectivity index (χ3v) is 5.64. The van der Waals surface area contributed by atoms with Gasteiger partial charge in [0.2, 0.25) is 5.91 Å². The Morgan fingerprint density at radius 2 is 1.77 bits per heavy atom. The number of nitrogens with zero attached hydrogens (tertiary/aromatic N) is 1. The lowest BCUT2D eigenvalue weighted by Gasteiger charge is -2.15. The van der Waals surface area contributed by atoms with Gasteiger partial charge < -0.3 is 19.5 Å². The lowest BCUT2D eigenvalue weighted by atomic mass is 10.2. The zero-order chi connectivity index (χ0) is 21.7. The first kappa shape index (κ1) is 21.7. The summed E-state index contributed by atoms with van der Waals surface area (Å²) in [5.41, 5.74) is 1.28. The number of para-hydroxylation sites is 2. The fourth-order valence-corrected chi connectivity index (χ4v) is 4.07. The highest BCUT2D eigenvalue weighted by atomic mass is 32.2. The Morgan fingerprint density at radius 3 is 2.47 bits per heavy atom. The number of benzene rings is 2. The molecular formula is C21H20N2O5S2. The summed E-state index contributed by atoms with van der Waals surface area (Å²) in [4.78, 5) is 27.0. The van der Waals surface area contributed by atoms with Gasteiger partial charge in [-0.3, -0.25) is 14.5 Å². The number of thiocarbonyl (C=S) groups is 1.